The van der Waals surface area contributed by atoms with E-state index in [0.717, 1.165) is 36.4 Å². The van der Waals surface area contributed by atoms with Crippen molar-refractivity contribution in [1.29, 1.82) is 0 Å². The fourth-order valence-electron chi connectivity index (χ4n) is 4.76. The van der Waals surface area contributed by atoms with Crippen molar-refractivity contribution in [2.24, 2.45) is 0 Å². The van der Waals surface area contributed by atoms with E-state index in [4.69, 9.17) is 4.74 Å². The first-order valence-electron chi connectivity index (χ1n) is 12.5. The van der Waals surface area contributed by atoms with E-state index in [9.17, 15) is 14.0 Å². The lowest BCUT2D eigenvalue weighted by atomic mass is 10.2. The fraction of sp³-hybridized carbons (Fsp3) is 0.370. The fourth-order valence-corrected chi connectivity index (χ4v) is 4.76. The van der Waals surface area contributed by atoms with Gasteiger partial charge < -0.3 is 14.6 Å². The largest absolute Gasteiger partial charge is 0.489 e. The number of halogens is 1. The van der Waals surface area contributed by atoms with Crippen LogP contribution in [0.15, 0.2) is 58.1 Å². The van der Waals surface area contributed by atoms with Crippen LogP contribution in [0.5, 0.6) is 5.75 Å². The lowest BCUT2D eigenvalue weighted by Crippen LogP contribution is -2.40. The van der Waals surface area contributed by atoms with Gasteiger partial charge in [-0.2, -0.15) is 0 Å². The Hall–Kier alpha value is -3.88. The zero-order valence-electron chi connectivity index (χ0n) is 20.5. The highest BCUT2D eigenvalue weighted by atomic mass is 19.1. The maximum absolute atomic E-state index is 13.6. The molecule has 5 rings (SSSR count). The standard InChI is InChI=1S/C27H30FN5O3/c1-3-13-32-25-23(26(34)33(14-4-2)27(32)35)29-24(30-25)18-8-10-21(11-9-18)36-22-12-15-31(17-22)20-7-5-6-19(28)16-20/h5-11,16,22H,3-4,12-15,17H2,1-2H3,(H,29,30). The molecule has 1 unspecified atom stereocenters. The molecule has 0 spiro atoms. The number of hydrogen-bond acceptors (Lipinski definition) is 5. The first kappa shape index (κ1) is 23.8. The van der Waals surface area contributed by atoms with Gasteiger partial charge in [0.2, 0.25) is 0 Å². The molecule has 0 saturated carbocycles. The molecule has 188 valence electrons. The Balaban J connectivity index is 1.36. The minimum Gasteiger partial charge on any atom is -0.489 e. The highest BCUT2D eigenvalue weighted by Gasteiger charge is 2.24. The maximum Gasteiger partial charge on any atom is 0.332 e. The highest BCUT2D eigenvalue weighted by molar-refractivity contribution is 5.75. The number of imidazole rings is 1. The first-order chi connectivity index (χ1) is 17.5. The van der Waals surface area contributed by atoms with Crippen molar-refractivity contribution in [3.8, 4) is 17.1 Å². The molecule has 3 heterocycles. The number of aromatic amines is 1. The zero-order chi connectivity index (χ0) is 25.2. The van der Waals surface area contributed by atoms with E-state index in [-0.39, 0.29) is 23.2 Å². The van der Waals surface area contributed by atoms with E-state index < -0.39 is 0 Å². The number of nitrogens with one attached hydrogen (secondary N) is 1. The van der Waals surface area contributed by atoms with Crippen molar-refractivity contribution >= 4 is 16.9 Å². The molecule has 9 heteroatoms. The first-order valence-corrected chi connectivity index (χ1v) is 12.5. The van der Waals surface area contributed by atoms with Crippen LogP contribution in [0.4, 0.5) is 10.1 Å². The van der Waals surface area contributed by atoms with Gasteiger partial charge in [0, 0.05) is 37.3 Å². The SMILES string of the molecule is CCCn1c(=O)c2[nH]c(-c3ccc(OC4CCN(c5cccc(F)c5)C4)cc3)nc2n(CCC)c1=O. The van der Waals surface area contributed by atoms with E-state index in [2.05, 4.69) is 14.9 Å². The van der Waals surface area contributed by atoms with Gasteiger partial charge in [-0.25, -0.2) is 14.2 Å². The summed E-state index contributed by atoms with van der Waals surface area (Å²) in [4.78, 5) is 35.8. The van der Waals surface area contributed by atoms with Crippen LogP contribution in [-0.2, 0) is 13.1 Å². The number of aryl methyl sites for hydroxylation is 1. The minimum absolute atomic E-state index is 0.00540. The molecule has 1 fully saturated rings. The van der Waals surface area contributed by atoms with Gasteiger partial charge >= 0.3 is 5.69 Å². The van der Waals surface area contributed by atoms with Crippen LogP contribution in [0.1, 0.15) is 33.1 Å². The quantitative estimate of drug-likeness (QED) is 0.400. The van der Waals surface area contributed by atoms with E-state index >= 15 is 0 Å². The molecule has 1 N–H and O–H groups in total. The van der Waals surface area contributed by atoms with E-state index in [1.54, 1.807) is 16.7 Å². The molecule has 1 aliphatic rings. The number of H-pyrrole nitrogens is 1. The Bertz CT molecular complexity index is 1490. The summed E-state index contributed by atoms with van der Waals surface area (Å²) in [5.41, 5.74) is 1.73. The number of benzene rings is 2. The molecule has 0 aliphatic carbocycles. The van der Waals surface area contributed by atoms with Gasteiger partial charge in [-0.3, -0.25) is 13.9 Å². The topological polar surface area (TPSA) is 85.2 Å². The molecular formula is C27H30FN5O3. The summed E-state index contributed by atoms with van der Waals surface area (Å²) in [5, 5.41) is 0. The summed E-state index contributed by atoms with van der Waals surface area (Å²) in [5.74, 6) is 1.02. The summed E-state index contributed by atoms with van der Waals surface area (Å²) in [6, 6.07) is 14.1. The molecule has 8 nitrogen and oxygen atoms in total. The van der Waals surface area contributed by atoms with Gasteiger partial charge in [0.1, 0.15) is 29.0 Å². The number of ether oxygens (including phenoxy) is 1. The van der Waals surface area contributed by atoms with Gasteiger partial charge in [-0.15, -0.1) is 0 Å². The Morgan fingerprint density at radius 3 is 2.53 bits per heavy atom. The van der Waals surface area contributed by atoms with E-state index in [1.165, 1.54) is 10.6 Å². The number of anilines is 1. The molecule has 1 aliphatic heterocycles. The third kappa shape index (κ3) is 4.53. The third-order valence-corrected chi connectivity index (χ3v) is 6.50. The maximum atomic E-state index is 13.6. The molecular weight excluding hydrogens is 461 g/mol. The predicted molar refractivity (Wildman–Crippen MR) is 138 cm³/mol. The number of rotatable bonds is 8. The number of hydrogen-bond donors (Lipinski definition) is 1. The highest BCUT2D eigenvalue weighted by Crippen LogP contribution is 2.26. The summed E-state index contributed by atoms with van der Waals surface area (Å²) in [7, 11) is 0. The normalized spacial score (nSPS) is 15.6. The summed E-state index contributed by atoms with van der Waals surface area (Å²) in [6.45, 7) is 6.28. The Labute approximate surface area is 208 Å². The van der Waals surface area contributed by atoms with Crippen molar-refractivity contribution < 1.29 is 9.13 Å². The van der Waals surface area contributed by atoms with Crippen LogP contribution in [0.25, 0.3) is 22.6 Å². The molecule has 0 radical (unpaired) electrons. The number of nitrogens with zero attached hydrogens (tertiary/aromatic N) is 4. The Morgan fingerprint density at radius 2 is 1.81 bits per heavy atom. The lowest BCUT2D eigenvalue weighted by Gasteiger charge is -2.19. The van der Waals surface area contributed by atoms with Crippen molar-refractivity contribution in [2.45, 2.75) is 52.3 Å². The van der Waals surface area contributed by atoms with Crippen LogP contribution in [0, 0.1) is 5.82 Å². The van der Waals surface area contributed by atoms with Crippen molar-refractivity contribution in [2.75, 3.05) is 18.0 Å². The van der Waals surface area contributed by atoms with Gasteiger partial charge in [0.15, 0.2) is 5.65 Å². The second-order valence-electron chi connectivity index (χ2n) is 9.15. The molecule has 36 heavy (non-hydrogen) atoms. The van der Waals surface area contributed by atoms with E-state index in [0.29, 0.717) is 43.0 Å². The minimum atomic E-state index is -0.341. The Morgan fingerprint density at radius 1 is 1.06 bits per heavy atom. The zero-order valence-corrected chi connectivity index (χ0v) is 20.5. The van der Waals surface area contributed by atoms with Gasteiger partial charge in [0.25, 0.3) is 5.56 Å². The van der Waals surface area contributed by atoms with Crippen molar-refractivity contribution in [1.82, 2.24) is 19.1 Å². The molecule has 2 aromatic carbocycles. The molecule has 2 aromatic heterocycles. The molecule has 1 atom stereocenters. The lowest BCUT2D eigenvalue weighted by molar-refractivity contribution is 0.225. The summed E-state index contributed by atoms with van der Waals surface area (Å²) in [6.07, 6.45) is 2.30. The number of aromatic nitrogens is 4. The average molecular weight is 492 g/mol. The van der Waals surface area contributed by atoms with Gasteiger partial charge in [-0.05, 0) is 55.3 Å². The van der Waals surface area contributed by atoms with E-state index in [1.807, 2.05) is 44.2 Å². The smallest absolute Gasteiger partial charge is 0.332 e. The van der Waals surface area contributed by atoms with Crippen LogP contribution in [0.2, 0.25) is 0 Å². The third-order valence-electron chi connectivity index (χ3n) is 6.50. The van der Waals surface area contributed by atoms with Crippen LogP contribution < -0.4 is 20.9 Å². The summed E-state index contributed by atoms with van der Waals surface area (Å²) >= 11 is 0. The van der Waals surface area contributed by atoms with Crippen LogP contribution >= 0.6 is 0 Å². The monoisotopic (exact) mass is 491 g/mol. The van der Waals surface area contributed by atoms with Gasteiger partial charge in [-0.1, -0.05) is 19.9 Å². The van der Waals surface area contributed by atoms with Crippen LogP contribution in [-0.4, -0.2) is 38.3 Å². The Kier molecular flexibility index (Phi) is 6.63. The molecule has 0 amide bonds. The predicted octanol–water partition coefficient (Wildman–Crippen LogP) is 4.17. The molecule has 0 bridgehead atoms. The number of fused-ring (bicyclic) bond motifs is 1. The van der Waals surface area contributed by atoms with Crippen molar-refractivity contribution in [3.05, 3.63) is 75.2 Å². The molecule has 4 aromatic rings. The summed E-state index contributed by atoms with van der Waals surface area (Å²) < 4.78 is 22.6. The van der Waals surface area contributed by atoms with Gasteiger partial charge in [0.05, 0.1) is 6.54 Å². The second-order valence-corrected chi connectivity index (χ2v) is 9.15. The van der Waals surface area contributed by atoms with Crippen molar-refractivity contribution in [3.63, 3.8) is 0 Å². The van der Waals surface area contributed by atoms with Crippen LogP contribution in [0.3, 0.4) is 0 Å². The average Bonchev–Trinajstić information content (AvgIpc) is 3.53. The molecule has 1 saturated heterocycles. The second kappa shape index (κ2) is 10.0.